The standard InChI is InChI=1S/C24H21N3/c1-17-7-5-13-25-23(17)19-9-3-11-21(15-19)27-22-12-4-10-20(16-22)24-18(2)8-6-14-26-24/h3-16,27H,1-2H3. The van der Waals surface area contributed by atoms with Crippen LogP contribution >= 0.6 is 0 Å². The molecule has 2 aromatic heterocycles. The van der Waals surface area contributed by atoms with Gasteiger partial charge in [-0.1, -0.05) is 36.4 Å². The number of nitrogens with zero attached hydrogens (tertiary/aromatic N) is 2. The molecule has 0 unspecified atom stereocenters. The average molecular weight is 351 g/mol. The number of aryl methyl sites for hydroxylation is 2. The normalized spacial score (nSPS) is 10.6. The highest BCUT2D eigenvalue weighted by molar-refractivity contribution is 5.73. The molecule has 0 fully saturated rings. The Bertz CT molecular complexity index is 999. The molecule has 0 radical (unpaired) electrons. The van der Waals surface area contributed by atoms with Crippen LogP contribution in [0.4, 0.5) is 11.4 Å². The molecule has 0 aliphatic carbocycles. The zero-order valence-electron chi connectivity index (χ0n) is 15.5. The lowest BCUT2D eigenvalue weighted by Crippen LogP contribution is -1.93. The van der Waals surface area contributed by atoms with Crippen molar-refractivity contribution in [1.82, 2.24) is 9.97 Å². The van der Waals surface area contributed by atoms with E-state index in [-0.39, 0.29) is 0 Å². The van der Waals surface area contributed by atoms with E-state index in [0.29, 0.717) is 0 Å². The fraction of sp³-hybridized carbons (Fsp3) is 0.0833. The van der Waals surface area contributed by atoms with Crippen LogP contribution in [0.5, 0.6) is 0 Å². The summed E-state index contributed by atoms with van der Waals surface area (Å²) in [4.78, 5) is 9.05. The second-order valence-corrected chi connectivity index (χ2v) is 6.62. The maximum absolute atomic E-state index is 4.52. The van der Waals surface area contributed by atoms with Gasteiger partial charge in [0.1, 0.15) is 0 Å². The molecule has 0 spiro atoms. The van der Waals surface area contributed by atoms with Crippen LogP contribution < -0.4 is 5.32 Å². The van der Waals surface area contributed by atoms with Crippen molar-refractivity contribution in [3.8, 4) is 22.5 Å². The molecule has 0 saturated carbocycles. The average Bonchev–Trinajstić information content (AvgIpc) is 2.69. The van der Waals surface area contributed by atoms with E-state index in [1.54, 1.807) is 0 Å². The molecule has 2 heterocycles. The van der Waals surface area contributed by atoms with Crippen molar-refractivity contribution in [2.45, 2.75) is 13.8 Å². The maximum Gasteiger partial charge on any atom is 0.0731 e. The molecular formula is C24H21N3. The minimum atomic E-state index is 1.01. The van der Waals surface area contributed by atoms with Crippen molar-refractivity contribution >= 4 is 11.4 Å². The third kappa shape index (κ3) is 3.72. The van der Waals surface area contributed by atoms with Crippen LogP contribution in [0.2, 0.25) is 0 Å². The zero-order chi connectivity index (χ0) is 18.6. The van der Waals surface area contributed by atoms with Crippen LogP contribution in [0.3, 0.4) is 0 Å². The minimum absolute atomic E-state index is 1.01. The molecule has 4 aromatic rings. The lowest BCUT2D eigenvalue weighted by Gasteiger charge is -2.11. The van der Waals surface area contributed by atoms with E-state index in [2.05, 4.69) is 89.8 Å². The number of hydrogen-bond acceptors (Lipinski definition) is 3. The Morgan fingerprint density at radius 3 is 1.52 bits per heavy atom. The summed E-state index contributed by atoms with van der Waals surface area (Å²) in [6.07, 6.45) is 3.67. The van der Waals surface area contributed by atoms with Crippen molar-refractivity contribution in [3.63, 3.8) is 0 Å². The van der Waals surface area contributed by atoms with E-state index < -0.39 is 0 Å². The second kappa shape index (κ2) is 7.42. The van der Waals surface area contributed by atoms with Crippen LogP contribution in [0.25, 0.3) is 22.5 Å². The van der Waals surface area contributed by atoms with Gasteiger partial charge in [0.25, 0.3) is 0 Å². The van der Waals surface area contributed by atoms with E-state index in [9.17, 15) is 0 Å². The molecule has 0 atom stereocenters. The minimum Gasteiger partial charge on any atom is -0.355 e. The lowest BCUT2D eigenvalue weighted by molar-refractivity contribution is 1.27. The predicted octanol–water partition coefficient (Wildman–Crippen LogP) is 6.17. The summed E-state index contributed by atoms with van der Waals surface area (Å²) in [7, 11) is 0. The summed E-state index contributed by atoms with van der Waals surface area (Å²) in [5.74, 6) is 0. The largest absolute Gasteiger partial charge is 0.355 e. The Morgan fingerprint density at radius 2 is 1.07 bits per heavy atom. The number of aromatic nitrogens is 2. The topological polar surface area (TPSA) is 37.8 Å². The van der Waals surface area contributed by atoms with Gasteiger partial charge in [-0.2, -0.15) is 0 Å². The van der Waals surface area contributed by atoms with E-state index in [0.717, 1.165) is 33.9 Å². The number of hydrogen-bond donors (Lipinski definition) is 1. The van der Waals surface area contributed by atoms with Crippen molar-refractivity contribution in [2.24, 2.45) is 0 Å². The molecule has 0 aliphatic rings. The summed E-state index contributed by atoms with van der Waals surface area (Å²) >= 11 is 0. The highest BCUT2D eigenvalue weighted by Crippen LogP contribution is 2.28. The Hall–Kier alpha value is -3.46. The van der Waals surface area contributed by atoms with Gasteiger partial charge in [0.15, 0.2) is 0 Å². The molecule has 2 aromatic carbocycles. The van der Waals surface area contributed by atoms with Crippen molar-refractivity contribution in [2.75, 3.05) is 5.32 Å². The van der Waals surface area contributed by atoms with Crippen LogP contribution in [-0.4, -0.2) is 9.97 Å². The summed E-state index contributed by atoms with van der Waals surface area (Å²) in [6.45, 7) is 4.17. The first-order valence-corrected chi connectivity index (χ1v) is 9.02. The van der Waals surface area contributed by atoms with Gasteiger partial charge < -0.3 is 5.32 Å². The van der Waals surface area contributed by atoms with Gasteiger partial charge in [-0.05, 0) is 61.4 Å². The third-order valence-corrected chi connectivity index (χ3v) is 4.58. The van der Waals surface area contributed by atoms with Crippen molar-refractivity contribution in [3.05, 3.63) is 96.3 Å². The lowest BCUT2D eigenvalue weighted by atomic mass is 10.1. The number of pyridine rings is 2. The first kappa shape index (κ1) is 17.0. The van der Waals surface area contributed by atoms with Crippen LogP contribution in [-0.2, 0) is 0 Å². The van der Waals surface area contributed by atoms with Gasteiger partial charge >= 0.3 is 0 Å². The Morgan fingerprint density at radius 1 is 0.593 bits per heavy atom. The van der Waals surface area contributed by atoms with E-state index in [1.165, 1.54) is 11.1 Å². The van der Waals surface area contributed by atoms with E-state index in [1.807, 2.05) is 24.5 Å². The van der Waals surface area contributed by atoms with Gasteiger partial charge in [-0.15, -0.1) is 0 Å². The highest BCUT2D eigenvalue weighted by atomic mass is 14.9. The fourth-order valence-electron chi connectivity index (χ4n) is 3.23. The van der Waals surface area contributed by atoms with Crippen molar-refractivity contribution in [1.29, 1.82) is 0 Å². The second-order valence-electron chi connectivity index (χ2n) is 6.62. The van der Waals surface area contributed by atoms with Gasteiger partial charge in [0, 0.05) is 34.9 Å². The predicted molar refractivity (Wildman–Crippen MR) is 112 cm³/mol. The first-order chi connectivity index (χ1) is 13.2. The maximum atomic E-state index is 4.52. The van der Waals surface area contributed by atoms with Crippen LogP contribution in [0.15, 0.2) is 85.2 Å². The number of rotatable bonds is 4. The molecule has 0 aliphatic heterocycles. The van der Waals surface area contributed by atoms with Crippen LogP contribution in [0, 0.1) is 13.8 Å². The smallest absolute Gasteiger partial charge is 0.0731 e. The van der Waals surface area contributed by atoms with Gasteiger partial charge in [0.2, 0.25) is 0 Å². The van der Waals surface area contributed by atoms with Gasteiger partial charge in [-0.25, -0.2) is 0 Å². The molecule has 0 bridgehead atoms. The summed E-state index contributed by atoms with van der Waals surface area (Å²) < 4.78 is 0. The van der Waals surface area contributed by atoms with Gasteiger partial charge in [-0.3, -0.25) is 9.97 Å². The Balaban J connectivity index is 1.64. The number of nitrogens with one attached hydrogen (secondary N) is 1. The molecule has 27 heavy (non-hydrogen) atoms. The Kier molecular flexibility index (Phi) is 4.67. The Labute approximate surface area is 159 Å². The molecule has 0 saturated heterocycles. The fourth-order valence-corrected chi connectivity index (χ4v) is 3.23. The SMILES string of the molecule is Cc1cccnc1-c1cccc(Nc2cccc(-c3ncccc3C)c2)c1. The number of anilines is 2. The quantitative estimate of drug-likeness (QED) is 0.478. The summed E-state index contributed by atoms with van der Waals surface area (Å²) in [6, 6.07) is 24.8. The molecular weight excluding hydrogens is 330 g/mol. The summed E-state index contributed by atoms with van der Waals surface area (Å²) in [5, 5.41) is 3.51. The zero-order valence-corrected chi connectivity index (χ0v) is 15.5. The van der Waals surface area contributed by atoms with Crippen molar-refractivity contribution < 1.29 is 0 Å². The molecule has 3 heteroatoms. The summed E-state index contributed by atoms with van der Waals surface area (Å²) in [5.41, 5.74) is 8.65. The molecule has 132 valence electrons. The monoisotopic (exact) mass is 351 g/mol. The molecule has 1 N–H and O–H groups in total. The molecule has 3 nitrogen and oxygen atoms in total. The highest BCUT2D eigenvalue weighted by Gasteiger charge is 2.06. The van der Waals surface area contributed by atoms with Gasteiger partial charge in [0.05, 0.1) is 11.4 Å². The first-order valence-electron chi connectivity index (χ1n) is 9.02. The van der Waals surface area contributed by atoms with E-state index >= 15 is 0 Å². The third-order valence-electron chi connectivity index (χ3n) is 4.58. The van der Waals surface area contributed by atoms with Crippen LogP contribution in [0.1, 0.15) is 11.1 Å². The van der Waals surface area contributed by atoms with E-state index in [4.69, 9.17) is 0 Å². The number of benzene rings is 2. The molecule has 4 rings (SSSR count). The molecule has 0 amide bonds.